The zero-order valence-corrected chi connectivity index (χ0v) is 10.9. The average Bonchev–Trinajstić information content (AvgIpc) is 3.11. The number of aryl methyl sites for hydroxylation is 1. The minimum atomic E-state index is 0.713. The van der Waals surface area contributed by atoms with Gasteiger partial charge in [-0.2, -0.15) is 4.98 Å². The molecule has 18 heavy (non-hydrogen) atoms. The van der Waals surface area contributed by atoms with E-state index in [4.69, 9.17) is 0 Å². The number of hydrogen-bond donors (Lipinski definition) is 1. The van der Waals surface area contributed by atoms with Crippen LogP contribution in [0.15, 0.2) is 18.3 Å². The average molecular weight is 245 g/mol. The SMILES string of the molecule is Cc1ccc2nc(NCCN(C)C3CC3)nn2c1. The zero-order valence-electron chi connectivity index (χ0n) is 10.9. The number of nitrogens with one attached hydrogen (secondary N) is 1. The highest BCUT2D eigenvalue weighted by Crippen LogP contribution is 2.24. The third kappa shape index (κ3) is 2.46. The van der Waals surface area contributed by atoms with Crippen LogP contribution in [0.5, 0.6) is 0 Å². The first-order valence-corrected chi connectivity index (χ1v) is 6.49. The van der Waals surface area contributed by atoms with E-state index in [1.54, 1.807) is 0 Å². The third-order valence-electron chi connectivity index (χ3n) is 3.40. The molecule has 2 heterocycles. The van der Waals surface area contributed by atoms with Gasteiger partial charge in [0.05, 0.1) is 0 Å². The summed E-state index contributed by atoms with van der Waals surface area (Å²) in [6.07, 6.45) is 4.69. The molecule has 0 atom stereocenters. The van der Waals surface area contributed by atoms with Crippen molar-refractivity contribution in [2.75, 3.05) is 25.5 Å². The number of aromatic nitrogens is 3. The summed E-state index contributed by atoms with van der Waals surface area (Å²) in [4.78, 5) is 6.83. The molecule has 1 fully saturated rings. The number of rotatable bonds is 5. The fourth-order valence-corrected chi connectivity index (χ4v) is 2.10. The van der Waals surface area contributed by atoms with Crippen LogP contribution in [0, 0.1) is 6.92 Å². The molecule has 1 N–H and O–H groups in total. The van der Waals surface area contributed by atoms with E-state index < -0.39 is 0 Å². The lowest BCUT2D eigenvalue weighted by molar-refractivity contribution is 0.337. The fourth-order valence-electron chi connectivity index (χ4n) is 2.10. The first-order valence-electron chi connectivity index (χ1n) is 6.49. The van der Waals surface area contributed by atoms with E-state index in [1.807, 2.05) is 16.8 Å². The van der Waals surface area contributed by atoms with Crippen molar-refractivity contribution >= 4 is 11.6 Å². The molecule has 0 unspecified atom stereocenters. The van der Waals surface area contributed by atoms with Gasteiger partial charge in [-0.1, -0.05) is 6.07 Å². The molecule has 0 aliphatic heterocycles. The van der Waals surface area contributed by atoms with Gasteiger partial charge >= 0.3 is 0 Å². The van der Waals surface area contributed by atoms with Gasteiger partial charge in [-0.05, 0) is 38.4 Å². The number of likely N-dealkylation sites (N-methyl/N-ethyl adjacent to an activating group) is 1. The van der Waals surface area contributed by atoms with E-state index in [-0.39, 0.29) is 0 Å². The predicted octanol–water partition coefficient (Wildman–Crippen LogP) is 1.54. The van der Waals surface area contributed by atoms with Gasteiger partial charge in [-0.3, -0.25) is 0 Å². The van der Waals surface area contributed by atoms with E-state index in [1.165, 1.54) is 18.4 Å². The van der Waals surface area contributed by atoms with Crippen molar-refractivity contribution in [2.45, 2.75) is 25.8 Å². The van der Waals surface area contributed by atoms with Crippen LogP contribution in [0.25, 0.3) is 5.65 Å². The topological polar surface area (TPSA) is 45.5 Å². The second kappa shape index (κ2) is 4.57. The fraction of sp³-hybridized carbons (Fsp3) is 0.538. The van der Waals surface area contributed by atoms with Crippen molar-refractivity contribution in [3.05, 3.63) is 23.9 Å². The number of fused-ring (bicyclic) bond motifs is 1. The first-order chi connectivity index (χ1) is 8.72. The van der Waals surface area contributed by atoms with Crippen LogP contribution in [-0.2, 0) is 0 Å². The zero-order chi connectivity index (χ0) is 12.5. The minimum absolute atomic E-state index is 0.713. The molecule has 1 saturated carbocycles. The minimum Gasteiger partial charge on any atom is -0.352 e. The maximum absolute atomic E-state index is 4.43. The Labute approximate surface area is 107 Å². The van der Waals surface area contributed by atoms with Gasteiger partial charge in [0.2, 0.25) is 5.95 Å². The molecule has 3 rings (SSSR count). The van der Waals surface area contributed by atoms with Crippen LogP contribution in [0.4, 0.5) is 5.95 Å². The molecular weight excluding hydrogens is 226 g/mol. The van der Waals surface area contributed by atoms with Crippen molar-refractivity contribution < 1.29 is 0 Å². The van der Waals surface area contributed by atoms with Crippen molar-refractivity contribution in [3.8, 4) is 0 Å². The summed E-state index contributed by atoms with van der Waals surface area (Å²) in [5.74, 6) is 0.713. The summed E-state index contributed by atoms with van der Waals surface area (Å²) in [5, 5.41) is 7.69. The summed E-state index contributed by atoms with van der Waals surface area (Å²) in [7, 11) is 2.18. The highest BCUT2D eigenvalue weighted by molar-refractivity contribution is 5.44. The summed E-state index contributed by atoms with van der Waals surface area (Å²) in [6, 6.07) is 4.85. The normalized spacial score (nSPS) is 15.5. The van der Waals surface area contributed by atoms with Crippen LogP contribution in [0.2, 0.25) is 0 Å². The van der Waals surface area contributed by atoms with Gasteiger partial charge in [0.25, 0.3) is 0 Å². The summed E-state index contributed by atoms with van der Waals surface area (Å²) < 4.78 is 1.82. The molecule has 0 radical (unpaired) electrons. The Bertz CT molecular complexity index is 543. The van der Waals surface area contributed by atoms with Crippen LogP contribution < -0.4 is 5.32 Å². The Morgan fingerprint density at radius 1 is 1.44 bits per heavy atom. The molecular formula is C13H19N5. The summed E-state index contributed by atoms with van der Waals surface area (Å²) in [6.45, 7) is 3.99. The molecule has 5 heteroatoms. The molecule has 0 bridgehead atoms. The first kappa shape index (κ1) is 11.5. The Morgan fingerprint density at radius 3 is 3.06 bits per heavy atom. The predicted molar refractivity (Wildman–Crippen MR) is 71.9 cm³/mol. The monoisotopic (exact) mass is 245 g/mol. The number of nitrogens with zero attached hydrogens (tertiary/aromatic N) is 4. The molecule has 0 saturated heterocycles. The molecule has 96 valence electrons. The standard InChI is InChI=1S/C13H19N5/c1-10-3-6-12-15-13(16-18(12)9-10)14-7-8-17(2)11-4-5-11/h3,6,9,11H,4-5,7-8H2,1-2H3,(H,14,16). The Morgan fingerprint density at radius 2 is 2.28 bits per heavy atom. The van der Waals surface area contributed by atoms with Crippen molar-refractivity contribution in [1.29, 1.82) is 0 Å². The molecule has 5 nitrogen and oxygen atoms in total. The lowest BCUT2D eigenvalue weighted by Crippen LogP contribution is -2.27. The molecule has 0 spiro atoms. The Balaban J connectivity index is 1.60. The maximum Gasteiger partial charge on any atom is 0.243 e. The number of anilines is 1. The van der Waals surface area contributed by atoms with E-state index in [0.717, 1.165) is 24.8 Å². The van der Waals surface area contributed by atoms with Gasteiger partial charge in [0, 0.05) is 25.3 Å². The second-order valence-corrected chi connectivity index (χ2v) is 5.08. The lowest BCUT2D eigenvalue weighted by atomic mass is 10.3. The molecule has 0 aromatic carbocycles. The summed E-state index contributed by atoms with van der Waals surface area (Å²) in [5.41, 5.74) is 2.08. The van der Waals surface area contributed by atoms with Crippen LogP contribution in [0.1, 0.15) is 18.4 Å². The maximum atomic E-state index is 4.43. The largest absolute Gasteiger partial charge is 0.352 e. The molecule has 2 aromatic heterocycles. The Kier molecular flexibility index (Phi) is 2.91. The van der Waals surface area contributed by atoms with Gasteiger partial charge < -0.3 is 10.2 Å². The third-order valence-corrected chi connectivity index (χ3v) is 3.40. The number of pyridine rings is 1. The van der Waals surface area contributed by atoms with Crippen LogP contribution >= 0.6 is 0 Å². The van der Waals surface area contributed by atoms with Gasteiger partial charge in [-0.25, -0.2) is 4.52 Å². The van der Waals surface area contributed by atoms with E-state index in [0.29, 0.717) is 5.95 Å². The van der Waals surface area contributed by atoms with Crippen molar-refractivity contribution in [3.63, 3.8) is 0 Å². The second-order valence-electron chi connectivity index (χ2n) is 5.08. The smallest absolute Gasteiger partial charge is 0.243 e. The Hall–Kier alpha value is -1.62. The number of hydrogen-bond acceptors (Lipinski definition) is 4. The van der Waals surface area contributed by atoms with Gasteiger partial charge in [0.15, 0.2) is 5.65 Å². The van der Waals surface area contributed by atoms with E-state index >= 15 is 0 Å². The van der Waals surface area contributed by atoms with E-state index in [2.05, 4.69) is 40.3 Å². The quantitative estimate of drug-likeness (QED) is 0.868. The molecule has 0 amide bonds. The molecule has 1 aliphatic rings. The highest BCUT2D eigenvalue weighted by Gasteiger charge is 2.25. The highest BCUT2D eigenvalue weighted by atomic mass is 15.3. The van der Waals surface area contributed by atoms with Gasteiger partial charge in [-0.15, -0.1) is 5.10 Å². The van der Waals surface area contributed by atoms with Crippen LogP contribution in [-0.4, -0.2) is 45.7 Å². The molecule has 1 aliphatic carbocycles. The van der Waals surface area contributed by atoms with Gasteiger partial charge in [0.1, 0.15) is 0 Å². The molecule has 2 aromatic rings. The lowest BCUT2D eigenvalue weighted by Gasteiger charge is -2.14. The summed E-state index contributed by atoms with van der Waals surface area (Å²) >= 11 is 0. The van der Waals surface area contributed by atoms with E-state index in [9.17, 15) is 0 Å². The van der Waals surface area contributed by atoms with Crippen molar-refractivity contribution in [1.82, 2.24) is 19.5 Å². The van der Waals surface area contributed by atoms with Crippen molar-refractivity contribution in [2.24, 2.45) is 0 Å². The van der Waals surface area contributed by atoms with Crippen LogP contribution in [0.3, 0.4) is 0 Å².